The van der Waals surface area contributed by atoms with Crippen molar-refractivity contribution in [3.8, 4) is 0 Å². The number of rotatable bonds is 5. The Hall–Kier alpha value is -1.75. The van der Waals surface area contributed by atoms with Crippen molar-refractivity contribution in [2.24, 2.45) is 5.92 Å². The zero-order valence-corrected chi connectivity index (χ0v) is 16.8. The standard InChI is InChI=1S/C19H19Cl3N2O2/c1-10(2)17(19(26)23-16-7-4-11(3)8-15(16)22)24-18(25)13-6-5-12(20)9-14(13)21/h4-10,17H,1-3H3,(H,23,26)(H,24,25)/t17-/m0/s1. The Morgan fingerprint density at radius 2 is 1.65 bits per heavy atom. The summed E-state index contributed by atoms with van der Waals surface area (Å²) >= 11 is 18.1. The van der Waals surface area contributed by atoms with Gasteiger partial charge in [-0.2, -0.15) is 0 Å². The van der Waals surface area contributed by atoms with Gasteiger partial charge in [-0.3, -0.25) is 9.59 Å². The zero-order valence-electron chi connectivity index (χ0n) is 14.6. The van der Waals surface area contributed by atoms with Gasteiger partial charge in [-0.1, -0.05) is 54.7 Å². The predicted octanol–water partition coefficient (Wildman–Crippen LogP) is 5.35. The molecule has 0 spiro atoms. The molecule has 0 aliphatic rings. The number of aryl methyl sites for hydroxylation is 1. The normalized spacial score (nSPS) is 12.0. The number of carbonyl (C=O) groups is 2. The molecule has 0 aliphatic heterocycles. The molecule has 0 heterocycles. The zero-order chi connectivity index (χ0) is 19.4. The lowest BCUT2D eigenvalue weighted by molar-refractivity contribution is -0.118. The maximum atomic E-state index is 12.7. The van der Waals surface area contributed by atoms with Gasteiger partial charge >= 0.3 is 0 Å². The quantitative estimate of drug-likeness (QED) is 0.694. The molecule has 2 amide bonds. The molecule has 0 radical (unpaired) electrons. The van der Waals surface area contributed by atoms with Crippen LogP contribution in [0.2, 0.25) is 15.1 Å². The highest BCUT2D eigenvalue weighted by Gasteiger charge is 2.26. The van der Waals surface area contributed by atoms with Crippen LogP contribution >= 0.6 is 34.8 Å². The van der Waals surface area contributed by atoms with Gasteiger partial charge < -0.3 is 10.6 Å². The summed E-state index contributed by atoms with van der Waals surface area (Å²) in [6.07, 6.45) is 0. The van der Waals surface area contributed by atoms with E-state index in [0.717, 1.165) is 5.56 Å². The Balaban J connectivity index is 2.17. The largest absolute Gasteiger partial charge is 0.340 e. The van der Waals surface area contributed by atoms with Gasteiger partial charge in [0.2, 0.25) is 5.91 Å². The van der Waals surface area contributed by atoms with Crippen LogP contribution in [0.1, 0.15) is 29.8 Å². The van der Waals surface area contributed by atoms with Gasteiger partial charge in [-0.05, 0) is 48.7 Å². The van der Waals surface area contributed by atoms with E-state index < -0.39 is 11.9 Å². The third-order valence-electron chi connectivity index (χ3n) is 3.79. The van der Waals surface area contributed by atoms with Gasteiger partial charge in [-0.25, -0.2) is 0 Å². The molecule has 2 aromatic carbocycles. The maximum Gasteiger partial charge on any atom is 0.253 e. The first-order valence-corrected chi connectivity index (χ1v) is 9.15. The molecule has 4 nitrogen and oxygen atoms in total. The van der Waals surface area contributed by atoms with E-state index in [1.165, 1.54) is 12.1 Å². The Bertz CT molecular complexity index is 838. The SMILES string of the molecule is Cc1ccc(NC(=O)[C@@H](NC(=O)c2ccc(Cl)cc2Cl)C(C)C)c(Cl)c1. The molecule has 2 rings (SSSR count). The fourth-order valence-corrected chi connectivity index (χ4v) is 3.14. The highest BCUT2D eigenvalue weighted by atomic mass is 35.5. The number of nitrogens with one attached hydrogen (secondary N) is 2. The topological polar surface area (TPSA) is 58.2 Å². The van der Waals surface area contributed by atoms with Crippen molar-refractivity contribution in [1.29, 1.82) is 0 Å². The van der Waals surface area contributed by atoms with Crippen molar-refractivity contribution in [1.82, 2.24) is 5.32 Å². The first-order chi connectivity index (χ1) is 12.2. The molecule has 0 bridgehead atoms. The lowest BCUT2D eigenvalue weighted by Gasteiger charge is -2.22. The first kappa shape index (κ1) is 20.6. The van der Waals surface area contributed by atoms with E-state index in [1.54, 1.807) is 18.2 Å². The van der Waals surface area contributed by atoms with Crippen LogP contribution in [0.3, 0.4) is 0 Å². The fraction of sp³-hybridized carbons (Fsp3) is 0.263. The minimum Gasteiger partial charge on any atom is -0.340 e. The fourth-order valence-electron chi connectivity index (χ4n) is 2.36. The van der Waals surface area contributed by atoms with Crippen LogP contribution in [0.15, 0.2) is 36.4 Å². The Morgan fingerprint density at radius 3 is 2.23 bits per heavy atom. The molecule has 2 N–H and O–H groups in total. The summed E-state index contributed by atoms with van der Waals surface area (Å²) in [7, 11) is 0. The van der Waals surface area contributed by atoms with Gasteiger partial charge in [0.05, 0.1) is 21.3 Å². The first-order valence-electron chi connectivity index (χ1n) is 8.02. The van der Waals surface area contributed by atoms with Gasteiger partial charge in [0.25, 0.3) is 5.91 Å². The van der Waals surface area contributed by atoms with Gasteiger partial charge in [0, 0.05) is 5.02 Å². The molecule has 26 heavy (non-hydrogen) atoms. The highest BCUT2D eigenvalue weighted by molar-refractivity contribution is 6.36. The van der Waals surface area contributed by atoms with E-state index in [9.17, 15) is 9.59 Å². The number of halogens is 3. The van der Waals surface area contributed by atoms with Crippen molar-refractivity contribution in [3.63, 3.8) is 0 Å². The number of carbonyl (C=O) groups excluding carboxylic acids is 2. The molecular weight excluding hydrogens is 395 g/mol. The maximum absolute atomic E-state index is 12.7. The van der Waals surface area contributed by atoms with Crippen molar-refractivity contribution < 1.29 is 9.59 Å². The number of hydrogen-bond donors (Lipinski definition) is 2. The summed E-state index contributed by atoms with van der Waals surface area (Å²) in [5.41, 5.74) is 1.73. The highest BCUT2D eigenvalue weighted by Crippen LogP contribution is 2.24. The minimum absolute atomic E-state index is 0.144. The molecule has 0 fully saturated rings. The second-order valence-electron chi connectivity index (χ2n) is 6.29. The molecule has 138 valence electrons. The number of benzene rings is 2. The summed E-state index contributed by atoms with van der Waals surface area (Å²) < 4.78 is 0. The van der Waals surface area contributed by atoms with E-state index >= 15 is 0 Å². The molecule has 1 atom stereocenters. The lowest BCUT2D eigenvalue weighted by Crippen LogP contribution is -2.47. The average Bonchev–Trinajstić information content (AvgIpc) is 2.54. The minimum atomic E-state index is -0.758. The van der Waals surface area contributed by atoms with Gasteiger partial charge in [0.1, 0.15) is 6.04 Å². The van der Waals surface area contributed by atoms with Crippen molar-refractivity contribution in [2.45, 2.75) is 26.8 Å². The molecular formula is C19H19Cl3N2O2. The van der Waals surface area contributed by atoms with Crippen molar-refractivity contribution >= 4 is 52.3 Å². The van der Waals surface area contributed by atoms with E-state index in [2.05, 4.69) is 10.6 Å². The Morgan fingerprint density at radius 1 is 0.962 bits per heavy atom. The summed E-state index contributed by atoms with van der Waals surface area (Å²) in [6.45, 7) is 5.58. The third-order valence-corrected chi connectivity index (χ3v) is 4.65. The number of hydrogen-bond acceptors (Lipinski definition) is 2. The smallest absolute Gasteiger partial charge is 0.253 e. The molecule has 0 saturated heterocycles. The summed E-state index contributed by atoms with van der Waals surface area (Å²) in [5.74, 6) is -0.950. The summed E-state index contributed by atoms with van der Waals surface area (Å²) in [4.78, 5) is 25.2. The van der Waals surface area contributed by atoms with E-state index in [1.807, 2.05) is 26.8 Å². The summed E-state index contributed by atoms with van der Waals surface area (Å²) in [6, 6.07) is 9.14. The van der Waals surface area contributed by atoms with E-state index in [-0.39, 0.29) is 22.4 Å². The Labute approximate surface area is 167 Å². The Kier molecular flexibility index (Phi) is 6.93. The number of amides is 2. The van der Waals surface area contributed by atoms with Crippen LogP contribution in [0.5, 0.6) is 0 Å². The second-order valence-corrected chi connectivity index (χ2v) is 7.54. The second kappa shape index (κ2) is 8.76. The van der Waals surface area contributed by atoms with Crippen LogP contribution in [0, 0.1) is 12.8 Å². The predicted molar refractivity (Wildman–Crippen MR) is 107 cm³/mol. The van der Waals surface area contributed by atoms with Crippen molar-refractivity contribution in [3.05, 3.63) is 62.6 Å². The van der Waals surface area contributed by atoms with Crippen LogP contribution in [0.4, 0.5) is 5.69 Å². The molecule has 7 heteroatoms. The monoisotopic (exact) mass is 412 g/mol. The summed E-state index contributed by atoms with van der Waals surface area (Å²) in [5, 5.41) is 6.57. The molecule has 0 aliphatic carbocycles. The van der Waals surface area contributed by atoms with Crippen LogP contribution in [-0.4, -0.2) is 17.9 Å². The van der Waals surface area contributed by atoms with E-state index in [0.29, 0.717) is 15.7 Å². The van der Waals surface area contributed by atoms with E-state index in [4.69, 9.17) is 34.8 Å². The number of anilines is 1. The van der Waals surface area contributed by atoms with Crippen LogP contribution in [-0.2, 0) is 4.79 Å². The molecule has 0 unspecified atom stereocenters. The lowest BCUT2D eigenvalue weighted by atomic mass is 10.0. The molecule has 0 saturated carbocycles. The average molecular weight is 414 g/mol. The van der Waals surface area contributed by atoms with Crippen molar-refractivity contribution in [2.75, 3.05) is 5.32 Å². The molecule has 2 aromatic rings. The van der Waals surface area contributed by atoms with Crippen LogP contribution in [0.25, 0.3) is 0 Å². The van der Waals surface area contributed by atoms with Gasteiger partial charge in [0.15, 0.2) is 0 Å². The molecule has 0 aromatic heterocycles. The third kappa shape index (κ3) is 5.13. The van der Waals surface area contributed by atoms with Crippen LogP contribution < -0.4 is 10.6 Å². The van der Waals surface area contributed by atoms with Gasteiger partial charge in [-0.15, -0.1) is 0 Å².